The van der Waals surface area contributed by atoms with E-state index in [1.165, 1.54) is 92.3 Å². The second-order valence-electron chi connectivity index (χ2n) is 10.7. The largest absolute Gasteiger partial charge is 0.488 e. The van der Waals surface area contributed by atoms with Crippen LogP contribution in [-0.2, 0) is 6.61 Å². The number of likely N-dealkylation sites (tertiary alicyclic amines) is 1. The van der Waals surface area contributed by atoms with Gasteiger partial charge in [-0.2, -0.15) is 0 Å². The quantitative estimate of drug-likeness (QED) is 0.515. The lowest BCUT2D eigenvalue weighted by molar-refractivity contribution is 0.104. The molecule has 5 rings (SSSR count). The average molecular weight is 418 g/mol. The van der Waals surface area contributed by atoms with E-state index in [0.29, 0.717) is 12.5 Å². The lowest BCUT2D eigenvalue weighted by Crippen LogP contribution is -2.41. The third-order valence-corrected chi connectivity index (χ3v) is 8.93. The molecule has 2 aromatic carbocycles. The molecule has 31 heavy (non-hydrogen) atoms. The van der Waals surface area contributed by atoms with Gasteiger partial charge in [0.1, 0.15) is 12.4 Å². The molecule has 0 bridgehead atoms. The summed E-state index contributed by atoms with van der Waals surface area (Å²) in [4.78, 5) is 2.84. The maximum atomic E-state index is 6.51. The lowest BCUT2D eigenvalue weighted by atomic mass is 9.67. The third kappa shape index (κ3) is 4.16. The molecule has 1 aliphatic heterocycles. The Morgan fingerprint density at radius 2 is 1.68 bits per heavy atom. The van der Waals surface area contributed by atoms with E-state index >= 15 is 0 Å². The van der Waals surface area contributed by atoms with Crippen LogP contribution in [-0.4, -0.2) is 24.0 Å². The first kappa shape index (κ1) is 21.1. The van der Waals surface area contributed by atoms with Crippen LogP contribution < -0.4 is 4.74 Å². The minimum atomic E-state index is 0.624. The van der Waals surface area contributed by atoms with Gasteiger partial charge in [-0.05, 0) is 118 Å². The van der Waals surface area contributed by atoms with Gasteiger partial charge >= 0.3 is 0 Å². The predicted octanol–water partition coefficient (Wildman–Crippen LogP) is 7.09. The molecule has 0 N–H and O–H groups in total. The Hall–Kier alpha value is -1.80. The lowest BCUT2D eigenvalue weighted by Gasteiger charge is -2.41. The molecule has 3 fully saturated rings. The molecule has 2 saturated carbocycles. The maximum Gasteiger partial charge on any atom is 0.126 e. The summed E-state index contributed by atoms with van der Waals surface area (Å²) in [6.45, 7) is 9.92. The van der Waals surface area contributed by atoms with Crippen molar-refractivity contribution in [3.63, 3.8) is 0 Å². The molecule has 0 amide bonds. The number of benzene rings is 2. The number of ether oxygens (including phenoxy) is 1. The van der Waals surface area contributed by atoms with Gasteiger partial charge in [-0.15, -0.1) is 0 Å². The van der Waals surface area contributed by atoms with Crippen LogP contribution in [0.1, 0.15) is 85.1 Å². The number of aryl methyl sites for hydroxylation is 1. The van der Waals surface area contributed by atoms with Crippen LogP contribution in [0.2, 0.25) is 0 Å². The molecular formula is C29H39NO. The first-order valence-corrected chi connectivity index (χ1v) is 12.6. The monoisotopic (exact) mass is 417 g/mol. The standard InChI is InChI=1S/C29H39NO/c1-21-18-27(28(23(3)22(21)2)31-20-24-8-5-4-6-9-24)25-11-16-30(17-12-25)26-10-15-29(19-26)13-7-14-29/h4-6,8-9,18,25-26H,7,10-17,19-20H2,1-3H3/t26-/m1/s1. The maximum absolute atomic E-state index is 6.51. The van der Waals surface area contributed by atoms with Gasteiger partial charge < -0.3 is 9.64 Å². The van der Waals surface area contributed by atoms with Crippen LogP contribution in [0.3, 0.4) is 0 Å². The zero-order valence-electron chi connectivity index (χ0n) is 19.8. The molecule has 1 heterocycles. The summed E-state index contributed by atoms with van der Waals surface area (Å²) in [7, 11) is 0. The summed E-state index contributed by atoms with van der Waals surface area (Å²) in [5.41, 5.74) is 7.57. The Kier molecular flexibility index (Phi) is 5.86. The summed E-state index contributed by atoms with van der Waals surface area (Å²) in [5.74, 6) is 1.78. The molecule has 2 aromatic rings. The van der Waals surface area contributed by atoms with Crippen molar-refractivity contribution in [2.75, 3.05) is 13.1 Å². The second kappa shape index (κ2) is 8.62. The molecule has 1 saturated heterocycles. The molecule has 1 atom stereocenters. The summed E-state index contributed by atoms with van der Waals surface area (Å²) in [6, 6.07) is 13.9. The number of hydrogen-bond donors (Lipinski definition) is 0. The van der Waals surface area contributed by atoms with E-state index in [1.54, 1.807) is 0 Å². The summed E-state index contributed by atoms with van der Waals surface area (Å²) < 4.78 is 6.51. The number of piperidine rings is 1. The van der Waals surface area contributed by atoms with Crippen LogP contribution in [0, 0.1) is 26.2 Å². The topological polar surface area (TPSA) is 12.5 Å². The molecule has 2 heteroatoms. The second-order valence-corrected chi connectivity index (χ2v) is 10.7. The van der Waals surface area contributed by atoms with Crippen LogP contribution in [0.15, 0.2) is 36.4 Å². The SMILES string of the molecule is Cc1cc(C2CCN([C@@H]3CCC4(CCC4)C3)CC2)c(OCc2ccccc2)c(C)c1C. The fourth-order valence-electron chi connectivity index (χ4n) is 6.51. The van der Waals surface area contributed by atoms with Crippen molar-refractivity contribution < 1.29 is 4.74 Å². The number of rotatable bonds is 5. The Bertz CT molecular complexity index is 906. The van der Waals surface area contributed by atoms with Crippen LogP contribution in [0.5, 0.6) is 5.75 Å². The molecule has 0 radical (unpaired) electrons. The minimum absolute atomic E-state index is 0.624. The van der Waals surface area contributed by atoms with Gasteiger partial charge in [0.15, 0.2) is 0 Å². The van der Waals surface area contributed by atoms with Crippen molar-refractivity contribution in [2.24, 2.45) is 5.41 Å². The summed E-state index contributed by atoms with van der Waals surface area (Å²) in [6.07, 6.45) is 11.4. The zero-order valence-corrected chi connectivity index (χ0v) is 19.8. The zero-order chi connectivity index (χ0) is 21.4. The Morgan fingerprint density at radius 3 is 2.32 bits per heavy atom. The van der Waals surface area contributed by atoms with Gasteiger partial charge in [-0.25, -0.2) is 0 Å². The van der Waals surface area contributed by atoms with Crippen molar-refractivity contribution in [1.82, 2.24) is 4.90 Å². The van der Waals surface area contributed by atoms with Gasteiger partial charge in [-0.3, -0.25) is 0 Å². The number of nitrogens with zero attached hydrogens (tertiary/aromatic N) is 1. The molecule has 1 spiro atoms. The van der Waals surface area contributed by atoms with E-state index in [9.17, 15) is 0 Å². The van der Waals surface area contributed by atoms with Gasteiger partial charge in [0.05, 0.1) is 0 Å². The van der Waals surface area contributed by atoms with E-state index in [4.69, 9.17) is 4.74 Å². The van der Waals surface area contributed by atoms with E-state index < -0.39 is 0 Å². The molecule has 0 aromatic heterocycles. The Morgan fingerprint density at radius 1 is 0.935 bits per heavy atom. The highest BCUT2D eigenvalue weighted by Crippen LogP contribution is 2.54. The van der Waals surface area contributed by atoms with Crippen molar-refractivity contribution in [2.45, 2.75) is 90.7 Å². The number of hydrogen-bond acceptors (Lipinski definition) is 2. The van der Waals surface area contributed by atoms with Gasteiger partial charge in [0.2, 0.25) is 0 Å². The fourth-order valence-corrected chi connectivity index (χ4v) is 6.51. The molecule has 3 aliphatic rings. The van der Waals surface area contributed by atoms with E-state index in [2.05, 4.69) is 62.1 Å². The van der Waals surface area contributed by atoms with Crippen molar-refractivity contribution >= 4 is 0 Å². The van der Waals surface area contributed by atoms with Crippen LogP contribution in [0.25, 0.3) is 0 Å². The van der Waals surface area contributed by atoms with Crippen LogP contribution in [0.4, 0.5) is 0 Å². The first-order chi connectivity index (χ1) is 15.0. The van der Waals surface area contributed by atoms with Crippen molar-refractivity contribution in [3.8, 4) is 5.75 Å². The molecule has 0 unspecified atom stereocenters. The van der Waals surface area contributed by atoms with Crippen molar-refractivity contribution in [3.05, 3.63) is 64.2 Å². The molecular weight excluding hydrogens is 378 g/mol. The normalized spacial score (nSPS) is 23.8. The molecule has 166 valence electrons. The van der Waals surface area contributed by atoms with E-state index in [-0.39, 0.29) is 0 Å². The summed E-state index contributed by atoms with van der Waals surface area (Å²) >= 11 is 0. The van der Waals surface area contributed by atoms with Gasteiger partial charge in [0, 0.05) is 6.04 Å². The third-order valence-electron chi connectivity index (χ3n) is 8.93. The van der Waals surface area contributed by atoms with E-state index in [1.807, 2.05) is 0 Å². The van der Waals surface area contributed by atoms with Crippen molar-refractivity contribution in [1.29, 1.82) is 0 Å². The van der Waals surface area contributed by atoms with E-state index in [0.717, 1.165) is 17.2 Å². The molecule has 2 aliphatic carbocycles. The highest BCUT2D eigenvalue weighted by atomic mass is 16.5. The molecule has 2 nitrogen and oxygen atoms in total. The summed E-state index contributed by atoms with van der Waals surface area (Å²) in [5, 5.41) is 0. The van der Waals surface area contributed by atoms with Gasteiger partial charge in [0.25, 0.3) is 0 Å². The van der Waals surface area contributed by atoms with Crippen LogP contribution >= 0.6 is 0 Å². The Labute approximate surface area is 189 Å². The highest BCUT2D eigenvalue weighted by Gasteiger charge is 2.45. The highest BCUT2D eigenvalue weighted by molar-refractivity contribution is 5.51. The average Bonchev–Trinajstić information content (AvgIpc) is 3.24. The fraction of sp³-hybridized carbons (Fsp3) is 0.586. The smallest absolute Gasteiger partial charge is 0.126 e. The predicted molar refractivity (Wildman–Crippen MR) is 129 cm³/mol. The minimum Gasteiger partial charge on any atom is -0.488 e. The Balaban J connectivity index is 1.29. The van der Waals surface area contributed by atoms with Gasteiger partial charge in [-0.1, -0.05) is 42.8 Å². The first-order valence-electron chi connectivity index (χ1n) is 12.6.